The maximum atomic E-state index is 11.6. The molecule has 2 N–H and O–H groups in total. The molecule has 0 aromatic heterocycles. The summed E-state index contributed by atoms with van der Waals surface area (Å²) in [6.45, 7) is 2.17. The summed E-state index contributed by atoms with van der Waals surface area (Å²) in [6.07, 6.45) is 0. The zero-order chi connectivity index (χ0) is 15.8. The van der Waals surface area contributed by atoms with Crippen molar-refractivity contribution in [3.05, 3.63) is 65.7 Å². The largest absolute Gasteiger partial charge is 0.425 e. The summed E-state index contributed by atoms with van der Waals surface area (Å²) in [5.41, 5.74) is 2.07. The van der Waals surface area contributed by atoms with E-state index in [-0.39, 0.29) is 6.54 Å². The Morgan fingerprint density at radius 1 is 0.955 bits per heavy atom. The van der Waals surface area contributed by atoms with Crippen molar-refractivity contribution in [2.75, 3.05) is 6.54 Å². The van der Waals surface area contributed by atoms with Gasteiger partial charge in [0.05, 0.1) is 0 Å². The minimum absolute atomic E-state index is 0.186. The number of hydrogen-bond acceptors (Lipinski definition) is 3. The van der Waals surface area contributed by atoms with Gasteiger partial charge in [0.15, 0.2) is 0 Å². The Morgan fingerprint density at radius 2 is 1.64 bits per heavy atom. The molecular formula is C17H18N2O3. The smallest absolute Gasteiger partial charge is 0.330 e. The second kappa shape index (κ2) is 7.83. The molecule has 0 saturated heterocycles. The Kier molecular flexibility index (Phi) is 5.54. The van der Waals surface area contributed by atoms with Gasteiger partial charge in [0.25, 0.3) is 0 Å². The van der Waals surface area contributed by atoms with Gasteiger partial charge in [-0.25, -0.2) is 9.59 Å². The molecule has 2 aromatic rings. The van der Waals surface area contributed by atoms with Crippen molar-refractivity contribution >= 4 is 12.0 Å². The van der Waals surface area contributed by atoms with E-state index in [2.05, 4.69) is 10.6 Å². The second-order valence-corrected chi connectivity index (χ2v) is 4.81. The first-order valence-electron chi connectivity index (χ1n) is 6.96. The van der Waals surface area contributed by atoms with Gasteiger partial charge in [-0.15, -0.1) is 0 Å². The molecule has 5 nitrogen and oxygen atoms in total. The monoisotopic (exact) mass is 298 g/mol. The summed E-state index contributed by atoms with van der Waals surface area (Å²) < 4.78 is 5.10. The highest BCUT2D eigenvalue weighted by atomic mass is 16.5. The predicted octanol–water partition coefficient (Wildman–Crippen LogP) is 2.40. The highest BCUT2D eigenvalue weighted by Crippen LogP contribution is 2.11. The van der Waals surface area contributed by atoms with Crippen LogP contribution in [0.2, 0.25) is 0 Å². The molecule has 0 saturated carbocycles. The fourth-order valence-electron chi connectivity index (χ4n) is 1.77. The van der Waals surface area contributed by atoms with Gasteiger partial charge >= 0.3 is 12.0 Å². The topological polar surface area (TPSA) is 67.4 Å². The number of carbonyl (C=O) groups is 2. The third-order valence-corrected chi connectivity index (χ3v) is 2.94. The van der Waals surface area contributed by atoms with Gasteiger partial charge in [0.1, 0.15) is 12.3 Å². The number of benzene rings is 2. The first-order chi connectivity index (χ1) is 10.6. The first-order valence-corrected chi connectivity index (χ1v) is 6.96. The van der Waals surface area contributed by atoms with Crippen LogP contribution in [-0.2, 0) is 11.3 Å². The number of nitrogens with one attached hydrogen (secondary N) is 2. The van der Waals surface area contributed by atoms with E-state index in [1.807, 2.05) is 49.4 Å². The molecule has 114 valence electrons. The van der Waals surface area contributed by atoms with Crippen LogP contribution in [0.15, 0.2) is 54.6 Å². The van der Waals surface area contributed by atoms with E-state index < -0.39 is 12.0 Å². The maximum Gasteiger partial charge on any atom is 0.330 e. The van der Waals surface area contributed by atoms with Crippen molar-refractivity contribution in [1.82, 2.24) is 10.6 Å². The van der Waals surface area contributed by atoms with E-state index in [0.717, 1.165) is 11.1 Å². The van der Waals surface area contributed by atoms with Crippen LogP contribution in [0.25, 0.3) is 0 Å². The van der Waals surface area contributed by atoms with E-state index in [0.29, 0.717) is 12.3 Å². The number of aryl methyl sites for hydroxylation is 1. The molecular weight excluding hydrogens is 280 g/mol. The number of esters is 1. The minimum Gasteiger partial charge on any atom is -0.425 e. The maximum absolute atomic E-state index is 11.6. The van der Waals surface area contributed by atoms with E-state index in [4.69, 9.17) is 4.74 Å². The first kappa shape index (κ1) is 15.6. The van der Waals surface area contributed by atoms with Crippen LogP contribution in [0.1, 0.15) is 11.1 Å². The molecule has 0 aliphatic rings. The Bertz CT molecular complexity index is 624. The molecule has 0 aliphatic carbocycles. The molecule has 5 heteroatoms. The van der Waals surface area contributed by atoms with Gasteiger partial charge < -0.3 is 15.4 Å². The third-order valence-electron chi connectivity index (χ3n) is 2.94. The van der Waals surface area contributed by atoms with Crippen LogP contribution in [0.5, 0.6) is 5.75 Å². The van der Waals surface area contributed by atoms with Crippen molar-refractivity contribution in [3.8, 4) is 5.75 Å². The Morgan fingerprint density at radius 3 is 2.32 bits per heavy atom. The number of ether oxygens (including phenoxy) is 1. The molecule has 0 atom stereocenters. The minimum atomic E-state index is -0.515. The average Bonchev–Trinajstić information content (AvgIpc) is 2.54. The molecule has 0 radical (unpaired) electrons. The number of urea groups is 1. The zero-order valence-corrected chi connectivity index (χ0v) is 12.3. The van der Waals surface area contributed by atoms with Crippen LogP contribution in [0.4, 0.5) is 4.79 Å². The van der Waals surface area contributed by atoms with E-state index in [1.54, 1.807) is 12.1 Å². The van der Waals surface area contributed by atoms with Crippen LogP contribution < -0.4 is 15.4 Å². The van der Waals surface area contributed by atoms with E-state index >= 15 is 0 Å². The summed E-state index contributed by atoms with van der Waals surface area (Å²) in [4.78, 5) is 23.2. The zero-order valence-electron chi connectivity index (χ0n) is 12.3. The van der Waals surface area contributed by atoms with Crippen LogP contribution in [-0.4, -0.2) is 18.5 Å². The Balaban J connectivity index is 1.69. The molecule has 2 rings (SSSR count). The fraction of sp³-hybridized carbons (Fsp3) is 0.176. The third kappa shape index (κ3) is 5.28. The van der Waals surface area contributed by atoms with Gasteiger partial charge in [0.2, 0.25) is 0 Å². The number of rotatable bonds is 5. The van der Waals surface area contributed by atoms with Crippen LogP contribution >= 0.6 is 0 Å². The van der Waals surface area contributed by atoms with Crippen LogP contribution in [0, 0.1) is 6.92 Å². The molecule has 0 bridgehead atoms. The Labute approximate surface area is 129 Å². The van der Waals surface area contributed by atoms with Crippen molar-refractivity contribution < 1.29 is 14.3 Å². The summed E-state index contributed by atoms with van der Waals surface area (Å²) in [5, 5.41) is 5.13. The fourth-order valence-corrected chi connectivity index (χ4v) is 1.77. The van der Waals surface area contributed by atoms with E-state index in [1.165, 1.54) is 0 Å². The summed E-state index contributed by atoms with van der Waals surface area (Å²) >= 11 is 0. The Hall–Kier alpha value is -2.82. The lowest BCUT2D eigenvalue weighted by Gasteiger charge is -2.08. The molecule has 0 unspecified atom stereocenters. The number of amides is 2. The molecule has 2 aromatic carbocycles. The average molecular weight is 298 g/mol. The lowest BCUT2D eigenvalue weighted by atomic mass is 10.2. The van der Waals surface area contributed by atoms with Gasteiger partial charge in [-0.1, -0.05) is 48.0 Å². The molecule has 0 fully saturated rings. The summed E-state index contributed by atoms with van der Waals surface area (Å²) in [7, 11) is 0. The quantitative estimate of drug-likeness (QED) is 0.658. The second-order valence-electron chi connectivity index (χ2n) is 4.81. The molecule has 0 spiro atoms. The highest BCUT2D eigenvalue weighted by Gasteiger charge is 2.07. The van der Waals surface area contributed by atoms with Crippen LogP contribution in [0.3, 0.4) is 0 Å². The van der Waals surface area contributed by atoms with Crippen molar-refractivity contribution in [2.45, 2.75) is 13.5 Å². The summed E-state index contributed by atoms with van der Waals surface area (Å²) in [5.74, 6) is -0.0548. The van der Waals surface area contributed by atoms with E-state index in [9.17, 15) is 9.59 Å². The molecule has 22 heavy (non-hydrogen) atoms. The normalized spacial score (nSPS) is 9.86. The van der Waals surface area contributed by atoms with Gasteiger partial charge in [-0.05, 0) is 24.6 Å². The number of hydrogen-bond donors (Lipinski definition) is 2. The van der Waals surface area contributed by atoms with Gasteiger partial charge in [-0.2, -0.15) is 0 Å². The highest BCUT2D eigenvalue weighted by molar-refractivity contribution is 5.81. The molecule has 2 amide bonds. The SMILES string of the molecule is Cc1ccc(OC(=O)CNC(=O)NCc2ccccc2)cc1. The van der Waals surface area contributed by atoms with Crippen molar-refractivity contribution in [2.24, 2.45) is 0 Å². The van der Waals surface area contributed by atoms with Crippen molar-refractivity contribution in [3.63, 3.8) is 0 Å². The molecule has 0 aliphatic heterocycles. The lowest BCUT2D eigenvalue weighted by Crippen LogP contribution is -2.39. The lowest BCUT2D eigenvalue weighted by molar-refractivity contribution is -0.133. The predicted molar refractivity (Wildman–Crippen MR) is 83.5 cm³/mol. The van der Waals surface area contributed by atoms with Gasteiger partial charge in [0, 0.05) is 6.54 Å². The van der Waals surface area contributed by atoms with Crippen molar-refractivity contribution in [1.29, 1.82) is 0 Å². The summed E-state index contributed by atoms with van der Waals surface area (Å²) in [6, 6.07) is 16.2. The number of carbonyl (C=O) groups excluding carboxylic acids is 2. The van der Waals surface area contributed by atoms with Gasteiger partial charge in [-0.3, -0.25) is 0 Å². The standard InChI is InChI=1S/C17H18N2O3/c1-13-7-9-15(10-8-13)22-16(20)12-19-17(21)18-11-14-5-3-2-4-6-14/h2-10H,11-12H2,1H3,(H2,18,19,21). The molecule has 0 heterocycles.